The summed E-state index contributed by atoms with van der Waals surface area (Å²) >= 11 is 0. The molecule has 1 atom stereocenters. The van der Waals surface area contributed by atoms with Crippen molar-refractivity contribution in [3.05, 3.63) is 5.32 Å². The predicted octanol–water partition coefficient (Wildman–Crippen LogP) is 2.93. The number of likely N-dealkylation sites (tertiary alicyclic amines) is 1. The first kappa shape index (κ1) is 32.6. The molecule has 0 bridgehead atoms. The molecule has 3 N–H and O–H groups in total. The standard InChI is InChI=1S/C8H14N3O2.C4H10O.C4H10.C2H6.Y/c1-10-5-7(12)11-4-2-3-6(11)8(9)13;1-4(2,3)5;1-4(2)3;1-2;/h6H,2-5H2,1H3,(H2,9,13);5H,1-3H3;4H,1-3H3;1-2H3;/q-1;;;;/t6-;;;;/m0..../s1. The number of hydrogen-bond donors (Lipinski definition) is 2. The Balaban J connectivity index is -0.000000154. The minimum atomic E-state index is -0.500. The topological polar surface area (TPSA) is 97.7 Å². The number of carbonyl (C=O) groups excluding carboxylic acids is 2. The monoisotopic (exact) mass is 435 g/mol. The number of hydrogen-bond acceptors (Lipinski definition) is 3. The molecule has 0 saturated carbocycles. The van der Waals surface area contributed by atoms with Crippen LogP contribution in [0, 0.1) is 5.92 Å². The number of amides is 2. The van der Waals surface area contributed by atoms with Gasteiger partial charge < -0.3 is 21.1 Å². The van der Waals surface area contributed by atoms with Crippen LogP contribution in [0.4, 0.5) is 0 Å². The first-order chi connectivity index (χ1) is 10.9. The molecule has 0 aromatic rings. The summed E-state index contributed by atoms with van der Waals surface area (Å²) in [6.45, 7) is 16.5. The van der Waals surface area contributed by atoms with Crippen molar-refractivity contribution in [2.45, 2.75) is 79.9 Å². The van der Waals surface area contributed by atoms with E-state index >= 15 is 0 Å². The fraction of sp³-hybridized carbons (Fsp3) is 0.889. The number of rotatable bonds is 3. The van der Waals surface area contributed by atoms with E-state index < -0.39 is 17.6 Å². The van der Waals surface area contributed by atoms with Crippen LogP contribution < -0.4 is 5.73 Å². The minimum Gasteiger partial charge on any atom is -0.657 e. The van der Waals surface area contributed by atoms with E-state index in [9.17, 15) is 9.59 Å². The summed E-state index contributed by atoms with van der Waals surface area (Å²) < 4.78 is 0. The average molecular weight is 435 g/mol. The van der Waals surface area contributed by atoms with Gasteiger partial charge in [-0.3, -0.25) is 9.59 Å². The maximum Gasteiger partial charge on any atom is 0.240 e. The number of nitrogens with two attached hydrogens (primary N) is 1. The third-order valence-corrected chi connectivity index (χ3v) is 2.19. The van der Waals surface area contributed by atoms with Gasteiger partial charge in [0.05, 0.1) is 5.60 Å². The van der Waals surface area contributed by atoms with Gasteiger partial charge in [-0.15, -0.1) is 0 Å². The van der Waals surface area contributed by atoms with Gasteiger partial charge >= 0.3 is 0 Å². The number of carbonyl (C=O) groups is 2. The van der Waals surface area contributed by atoms with E-state index in [1.54, 1.807) is 27.8 Å². The second kappa shape index (κ2) is 18.7. The van der Waals surface area contributed by atoms with Gasteiger partial charge in [0.2, 0.25) is 11.8 Å². The van der Waals surface area contributed by atoms with Gasteiger partial charge in [-0.05, 0) is 39.5 Å². The second-order valence-electron chi connectivity index (χ2n) is 7.02. The zero-order valence-corrected chi connectivity index (χ0v) is 20.6. The van der Waals surface area contributed by atoms with Crippen LogP contribution in [0.3, 0.4) is 0 Å². The third-order valence-electron chi connectivity index (χ3n) is 2.19. The van der Waals surface area contributed by atoms with Crippen LogP contribution in [-0.4, -0.2) is 53.6 Å². The molecule has 1 fully saturated rings. The molecule has 2 amide bonds. The molecular weight excluding hydrogens is 395 g/mol. The van der Waals surface area contributed by atoms with E-state index in [2.05, 4.69) is 26.1 Å². The molecule has 1 heterocycles. The van der Waals surface area contributed by atoms with Crippen LogP contribution in [-0.2, 0) is 42.3 Å². The van der Waals surface area contributed by atoms with Crippen molar-refractivity contribution >= 4 is 11.8 Å². The second-order valence-corrected chi connectivity index (χ2v) is 7.02. The van der Waals surface area contributed by atoms with E-state index in [-0.39, 0.29) is 45.2 Å². The van der Waals surface area contributed by atoms with Gasteiger partial charge in [0.1, 0.15) is 6.04 Å². The van der Waals surface area contributed by atoms with Crippen LogP contribution in [0.15, 0.2) is 0 Å². The van der Waals surface area contributed by atoms with E-state index in [0.717, 1.165) is 12.3 Å². The number of primary amides is 1. The Morgan fingerprint density at radius 2 is 1.60 bits per heavy atom. The Morgan fingerprint density at radius 1 is 1.24 bits per heavy atom. The van der Waals surface area contributed by atoms with E-state index in [4.69, 9.17) is 10.8 Å². The van der Waals surface area contributed by atoms with Crippen molar-refractivity contribution < 1.29 is 47.4 Å². The molecule has 0 aromatic heterocycles. The first-order valence-corrected chi connectivity index (χ1v) is 8.76. The minimum absolute atomic E-state index is 0. The molecule has 0 aliphatic carbocycles. The predicted molar refractivity (Wildman–Crippen MR) is 102 cm³/mol. The van der Waals surface area contributed by atoms with E-state index in [0.29, 0.717) is 13.0 Å². The van der Waals surface area contributed by atoms with Crippen LogP contribution in [0.25, 0.3) is 5.32 Å². The van der Waals surface area contributed by atoms with Gasteiger partial charge in [0.25, 0.3) is 0 Å². The van der Waals surface area contributed by atoms with Crippen LogP contribution in [0.5, 0.6) is 0 Å². The molecule has 0 spiro atoms. The van der Waals surface area contributed by atoms with Crippen molar-refractivity contribution in [3.8, 4) is 0 Å². The summed E-state index contributed by atoms with van der Waals surface area (Å²) in [6, 6.07) is -0.408. The van der Waals surface area contributed by atoms with Crippen molar-refractivity contribution in [1.82, 2.24) is 4.90 Å². The van der Waals surface area contributed by atoms with E-state index in [1.807, 2.05) is 13.8 Å². The van der Waals surface area contributed by atoms with Crippen LogP contribution in [0.2, 0.25) is 0 Å². The Kier molecular flexibility index (Phi) is 24.5. The Morgan fingerprint density at radius 3 is 1.88 bits per heavy atom. The fourth-order valence-electron chi connectivity index (χ4n) is 1.59. The molecule has 6 nitrogen and oxygen atoms in total. The smallest absolute Gasteiger partial charge is 0.240 e. The zero-order valence-electron chi connectivity index (χ0n) is 17.8. The van der Waals surface area contributed by atoms with Gasteiger partial charge in [-0.2, -0.15) is 7.05 Å². The Labute approximate surface area is 180 Å². The largest absolute Gasteiger partial charge is 0.657 e. The zero-order chi connectivity index (χ0) is 19.9. The van der Waals surface area contributed by atoms with Crippen LogP contribution >= 0.6 is 0 Å². The molecule has 0 aromatic carbocycles. The number of aliphatic hydroxyl groups is 1. The summed E-state index contributed by atoms with van der Waals surface area (Å²) in [5, 5.41) is 12.3. The molecule has 0 unspecified atom stereocenters. The fourth-order valence-corrected chi connectivity index (χ4v) is 1.59. The quantitative estimate of drug-likeness (QED) is 0.713. The van der Waals surface area contributed by atoms with Crippen LogP contribution in [0.1, 0.15) is 68.2 Å². The number of likely N-dealkylation sites (N-methyl/N-ethyl adjacent to an activating group) is 1. The molecule has 149 valence electrons. The molecule has 1 aliphatic heterocycles. The molecule has 25 heavy (non-hydrogen) atoms. The van der Waals surface area contributed by atoms with Crippen molar-refractivity contribution in [2.75, 3.05) is 20.1 Å². The maximum atomic E-state index is 11.4. The summed E-state index contributed by atoms with van der Waals surface area (Å²) in [5.74, 6) is 0.311. The summed E-state index contributed by atoms with van der Waals surface area (Å²) in [5.41, 5.74) is 4.66. The first-order valence-electron chi connectivity index (χ1n) is 8.76. The SMILES string of the molecule is CC.CC(C)(C)O.CC(C)C.C[N-]CC(=O)N1CCC[C@H]1C(N)=O.[Y]. The van der Waals surface area contributed by atoms with Crippen molar-refractivity contribution in [1.29, 1.82) is 0 Å². The molecule has 1 rings (SSSR count). The molecule has 7 heteroatoms. The normalized spacial score (nSPS) is 15.5. The van der Waals surface area contributed by atoms with Gasteiger partial charge in [0, 0.05) is 39.3 Å². The molecule has 1 radical (unpaired) electrons. The van der Waals surface area contributed by atoms with Gasteiger partial charge in [-0.25, -0.2) is 0 Å². The third kappa shape index (κ3) is 26.3. The summed E-state index contributed by atoms with van der Waals surface area (Å²) in [4.78, 5) is 23.8. The average Bonchev–Trinajstić information content (AvgIpc) is 2.88. The number of nitrogens with zero attached hydrogens (tertiary/aromatic N) is 2. The summed E-state index contributed by atoms with van der Waals surface area (Å²) in [6.07, 6.45) is 1.54. The Bertz CT molecular complexity index is 323. The Hall–Kier alpha value is -0.0361. The van der Waals surface area contributed by atoms with Gasteiger partial charge in [-0.1, -0.05) is 41.2 Å². The van der Waals surface area contributed by atoms with Crippen molar-refractivity contribution in [2.24, 2.45) is 11.7 Å². The van der Waals surface area contributed by atoms with E-state index in [1.165, 1.54) is 4.90 Å². The summed E-state index contributed by atoms with van der Waals surface area (Å²) in [7, 11) is 1.58. The molecular formula is C18H40N3O3Y-. The maximum absolute atomic E-state index is 11.4. The van der Waals surface area contributed by atoms with Crippen molar-refractivity contribution in [3.63, 3.8) is 0 Å². The molecule has 1 aliphatic rings. The van der Waals surface area contributed by atoms with Gasteiger partial charge in [0.15, 0.2) is 0 Å². The molecule has 1 saturated heterocycles.